The Morgan fingerprint density at radius 2 is 1.78 bits per heavy atom. The molecule has 0 spiro atoms. The molecule has 1 aliphatic heterocycles. The molecule has 0 amide bonds. The van der Waals surface area contributed by atoms with Crippen LogP contribution in [0.1, 0.15) is 12.8 Å². The van der Waals surface area contributed by atoms with Crippen molar-refractivity contribution >= 4 is 17.6 Å². The van der Waals surface area contributed by atoms with Crippen LogP contribution >= 0.6 is 0 Å². The molecule has 0 radical (unpaired) electrons. The summed E-state index contributed by atoms with van der Waals surface area (Å²) in [7, 11) is 1.37. The summed E-state index contributed by atoms with van der Waals surface area (Å²) in [6.07, 6.45) is -3.56. The fourth-order valence-electron chi connectivity index (χ4n) is 3.74. The van der Waals surface area contributed by atoms with Crippen molar-refractivity contribution in [3.63, 3.8) is 0 Å². The van der Waals surface area contributed by atoms with E-state index < -0.39 is 24.5 Å². The van der Waals surface area contributed by atoms with Crippen LogP contribution in [0.4, 0.5) is 43.9 Å². The molecule has 0 atom stereocenters. The number of methoxy groups -OCH3 is 1. The zero-order chi connectivity index (χ0) is 25.9. The number of ether oxygens (including phenoxy) is 2. The molecule has 0 unspecified atom stereocenters. The number of benzene rings is 1. The number of nitrogens with one attached hydrogen (secondary N) is 1. The van der Waals surface area contributed by atoms with Gasteiger partial charge in [-0.2, -0.15) is 26.9 Å². The van der Waals surface area contributed by atoms with E-state index in [1.165, 1.54) is 37.4 Å². The molecule has 8 nitrogen and oxygen atoms in total. The first-order valence-corrected chi connectivity index (χ1v) is 10.7. The predicted octanol–water partition coefficient (Wildman–Crippen LogP) is 5.21. The van der Waals surface area contributed by atoms with Crippen LogP contribution < -0.4 is 19.7 Å². The summed E-state index contributed by atoms with van der Waals surface area (Å²) in [6, 6.07) is 7.19. The third kappa shape index (κ3) is 5.86. The second kappa shape index (κ2) is 10.4. The molecule has 0 aliphatic carbocycles. The molecule has 4 rings (SSSR count). The molecular formula is C22H20F6N6O2. The van der Waals surface area contributed by atoms with Gasteiger partial charge in [-0.05, 0) is 36.6 Å². The molecular weight excluding hydrogens is 494 g/mol. The Morgan fingerprint density at radius 1 is 1.08 bits per heavy atom. The first-order chi connectivity index (χ1) is 17.1. The number of aromatic nitrogens is 4. The van der Waals surface area contributed by atoms with Crippen molar-refractivity contribution in [1.82, 2.24) is 20.2 Å². The average molecular weight is 514 g/mol. The number of anilines is 3. The summed E-state index contributed by atoms with van der Waals surface area (Å²) >= 11 is 0. The highest BCUT2D eigenvalue weighted by atomic mass is 19.4. The zero-order valence-electron chi connectivity index (χ0n) is 18.8. The predicted molar refractivity (Wildman–Crippen MR) is 117 cm³/mol. The minimum absolute atomic E-state index is 0.0390. The first kappa shape index (κ1) is 25.3. The van der Waals surface area contributed by atoms with E-state index in [1.807, 2.05) is 0 Å². The van der Waals surface area contributed by atoms with Gasteiger partial charge in [0, 0.05) is 18.7 Å². The lowest BCUT2D eigenvalue weighted by Crippen LogP contribution is -2.39. The highest BCUT2D eigenvalue weighted by Crippen LogP contribution is 2.35. The Bertz CT molecular complexity index is 1190. The van der Waals surface area contributed by atoms with Gasteiger partial charge in [-0.25, -0.2) is 9.37 Å². The van der Waals surface area contributed by atoms with Gasteiger partial charge in [0.2, 0.25) is 11.8 Å². The largest absolute Gasteiger partial charge is 0.479 e. The Balaban J connectivity index is 1.54. The van der Waals surface area contributed by atoms with E-state index >= 15 is 0 Å². The number of piperidine rings is 1. The summed E-state index contributed by atoms with van der Waals surface area (Å²) in [6.45, 7) is -2.81. The average Bonchev–Trinajstić information content (AvgIpc) is 2.85. The number of halogens is 6. The molecule has 36 heavy (non-hydrogen) atoms. The Labute approximate surface area is 201 Å². The van der Waals surface area contributed by atoms with Crippen LogP contribution in [0.25, 0.3) is 11.1 Å². The van der Waals surface area contributed by atoms with Gasteiger partial charge in [-0.15, -0.1) is 10.2 Å². The smallest absolute Gasteiger partial charge is 0.391 e. The van der Waals surface area contributed by atoms with Crippen LogP contribution in [0.2, 0.25) is 0 Å². The van der Waals surface area contributed by atoms with Crippen LogP contribution in [-0.4, -0.2) is 53.2 Å². The highest BCUT2D eigenvalue weighted by molar-refractivity contribution is 5.72. The fourth-order valence-corrected chi connectivity index (χ4v) is 3.74. The molecule has 1 aromatic carbocycles. The van der Waals surface area contributed by atoms with E-state index in [1.54, 1.807) is 4.90 Å². The highest BCUT2D eigenvalue weighted by Gasteiger charge is 2.41. The second-order valence-corrected chi connectivity index (χ2v) is 7.85. The Kier molecular flexibility index (Phi) is 7.31. The van der Waals surface area contributed by atoms with Crippen LogP contribution in [0.3, 0.4) is 0 Å². The molecule has 1 N–H and O–H groups in total. The third-order valence-corrected chi connectivity index (χ3v) is 5.56. The van der Waals surface area contributed by atoms with E-state index in [4.69, 9.17) is 4.74 Å². The lowest BCUT2D eigenvalue weighted by molar-refractivity contribution is -0.179. The Morgan fingerprint density at radius 3 is 2.39 bits per heavy atom. The number of rotatable bonds is 7. The Hall–Kier alpha value is -3.84. The van der Waals surface area contributed by atoms with Crippen molar-refractivity contribution in [3.8, 4) is 22.8 Å². The van der Waals surface area contributed by atoms with Crippen molar-refractivity contribution in [2.24, 2.45) is 5.92 Å². The normalized spacial score (nSPS) is 14.7. The van der Waals surface area contributed by atoms with Gasteiger partial charge in [0.25, 0.3) is 0 Å². The van der Waals surface area contributed by atoms with Gasteiger partial charge >= 0.3 is 12.8 Å². The topological polar surface area (TPSA) is 85.3 Å². The monoisotopic (exact) mass is 514 g/mol. The molecule has 1 saturated heterocycles. The summed E-state index contributed by atoms with van der Waals surface area (Å²) in [4.78, 5) is 9.59. The van der Waals surface area contributed by atoms with Crippen molar-refractivity contribution in [2.45, 2.75) is 25.6 Å². The van der Waals surface area contributed by atoms with Gasteiger partial charge in [0.15, 0.2) is 17.5 Å². The van der Waals surface area contributed by atoms with E-state index in [9.17, 15) is 26.3 Å². The van der Waals surface area contributed by atoms with Gasteiger partial charge in [-0.1, -0.05) is 12.1 Å². The van der Waals surface area contributed by atoms with Crippen molar-refractivity contribution < 1.29 is 35.8 Å². The maximum absolute atomic E-state index is 14.5. The van der Waals surface area contributed by atoms with Crippen molar-refractivity contribution in [2.75, 3.05) is 30.4 Å². The third-order valence-electron chi connectivity index (χ3n) is 5.56. The SMILES string of the molecule is COc1nnc(Nc2nc(N3CCC(C(F)(F)F)CC3)ncc2F)cc1-c1ccc(OC(F)F)cc1. The zero-order valence-corrected chi connectivity index (χ0v) is 18.8. The quantitative estimate of drug-likeness (QED) is 0.431. The summed E-state index contributed by atoms with van der Waals surface area (Å²) in [5.74, 6) is -2.20. The van der Waals surface area contributed by atoms with Crippen molar-refractivity contribution in [3.05, 3.63) is 42.3 Å². The molecule has 0 saturated carbocycles. The maximum Gasteiger partial charge on any atom is 0.391 e. The van der Waals surface area contributed by atoms with E-state index in [-0.39, 0.29) is 55.1 Å². The molecule has 0 bridgehead atoms. The molecule has 192 valence electrons. The van der Waals surface area contributed by atoms with Gasteiger partial charge < -0.3 is 19.7 Å². The lowest BCUT2D eigenvalue weighted by Gasteiger charge is -2.32. The first-order valence-electron chi connectivity index (χ1n) is 10.7. The lowest BCUT2D eigenvalue weighted by atomic mass is 9.96. The van der Waals surface area contributed by atoms with Gasteiger partial charge in [0.1, 0.15) is 5.75 Å². The molecule has 1 aliphatic rings. The number of hydrogen-bond donors (Lipinski definition) is 1. The molecule has 1 fully saturated rings. The molecule has 3 heterocycles. The van der Waals surface area contributed by atoms with Gasteiger partial charge in [0.05, 0.1) is 19.2 Å². The van der Waals surface area contributed by atoms with Crippen molar-refractivity contribution in [1.29, 1.82) is 0 Å². The minimum atomic E-state index is -4.26. The van der Waals surface area contributed by atoms with E-state index in [2.05, 4.69) is 30.2 Å². The van der Waals surface area contributed by atoms with E-state index in [0.717, 1.165) is 6.20 Å². The second-order valence-electron chi connectivity index (χ2n) is 7.85. The van der Waals surface area contributed by atoms with Crippen LogP contribution in [0.5, 0.6) is 11.6 Å². The molecule has 14 heteroatoms. The minimum Gasteiger partial charge on any atom is -0.479 e. The number of alkyl halides is 5. The molecule has 2 aromatic heterocycles. The van der Waals surface area contributed by atoms with Crippen LogP contribution in [-0.2, 0) is 0 Å². The molecule has 3 aromatic rings. The maximum atomic E-state index is 14.5. The van der Waals surface area contributed by atoms with Gasteiger partial charge in [-0.3, -0.25) is 0 Å². The van der Waals surface area contributed by atoms with E-state index in [0.29, 0.717) is 11.1 Å². The van der Waals surface area contributed by atoms with Crippen LogP contribution in [0, 0.1) is 11.7 Å². The summed E-state index contributed by atoms with van der Waals surface area (Å²) in [5.41, 5.74) is 0.949. The number of hydrogen-bond acceptors (Lipinski definition) is 8. The fraction of sp³-hybridized carbons (Fsp3) is 0.364. The summed E-state index contributed by atoms with van der Waals surface area (Å²) < 4.78 is 87.7. The standard InChI is InChI=1S/C22H20F6N6O2/c1-35-19-15(12-2-4-14(5-3-12)36-20(24)25)10-17(32-33-19)30-18-16(23)11-29-21(31-18)34-8-6-13(7-9-34)22(26,27)28/h2-5,10-11,13,20H,6-9H2,1H3,(H,29,30,31,32). The van der Waals surface area contributed by atoms with Crippen LogP contribution in [0.15, 0.2) is 36.5 Å². The summed E-state index contributed by atoms with van der Waals surface area (Å²) in [5, 5.41) is 10.6. The number of nitrogens with zero attached hydrogens (tertiary/aromatic N) is 5.